The standard InChI is InChI=1S/C13H13N3O2S/c1-16-12(18)11(15-13(16)19)4-7-6-14-10-3-2-8(17)5-9(7)10/h2-3,5-6,14,17-18H,4H2,1H3,(H,15,19). The third-order valence-electron chi connectivity index (χ3n) is 3.27. The molecule has 0 saturated carbocycles. The number of imidazole rings is 1. The van der Waals surface area contributed by atoms with Gasteiger partial charge in [0.05, 0.1) is 5.69 Å². The number of aromatic amines is 2. The van der Waals surface area contributed by atoms with Crippen LogP contribution in [0.1, 0.15) is 11.3 Å². The quantitative estimate of drug-likeness (QED) is 0.543. The molecular formula is C13H13N3O2S. The van der Waals surface area contributed by atoms with Crippen LogP contribution in [0.15, 0.2) is 24.4 Å². The van der Waals surface area contributed by atoms with E-state index in [1.54, 1.807) is 19.2 Å². The summed E-state index contributed by atoms with van der Waals surface area (Å²) in [7, 11) is 1.71. The zero-order valence-corrected chi connectivity index (χ0v) is 11.1. The highest BCUT2D eigenvalue weighted by Gasteiger charge is 2.12. The van der Waals surface area contributed by atoms with Gasteiger partial charge < -0.3 is 20.2 Å². The van der Waals surface area contributed by atoms with Gasteiger partial charge in [-0.2, -0.15) is 0 Å². The van der Waals surface area contributed by atoms with E-state index in [2.05, 4.69) is 9.97 Å². The predicted molar refractivity (Wildman–Crippen MR) is 75.0 cm³/mol. The van der Waals surface area contributed by atoms with Crippen molar-refractivity contribution in [2.75, 3.05) is 0 Å². The normalized spacial score (nSPS) is 11.2. The summed E-state index contributed by atoms with van der Waals surface area (Å²) in [5.74, 6) is 0.359. The zero-order chi connectivity index (χ0) is 13.6. The molecule has 0 aliphatic rings. The fourth-order valence-corrected chi connectivity index (χ4v) is 2.40. The molecule has 2 heterocycles. The monoisotopic (exact) mass is 275 g/mol. The number of hydrogen-bond acceptors (Lipinski definition) is 3. The maximum Gasteiger partial charge on any atom is 0.213 e. The third-order valence-corrected chi connectivity index (χ3v) is 3.64. The number of benzene rings is 1. The number of H-pyrrole nitrogens is 2. The second-order valence-corrected chi connectivity index (χ2v) is 4.90. The Morgan fingerprint density at radius 3 is 2.79 bits per heavy atom. The maximum absolute atomic E-state index is 9.95. The summed E-state index contributed by atoms with van der Waals surface area (Å²) in [5.41, 5.74) is 2.59. The first-order chi connectivity index (χ1) is 9.06. The summed E-state index contributed by atoms with van der Waals surface area (Å²) in [6.45, 7) is 0. The van der Waals surface area contributed by atoms with Crippen molar-refractivity contribution >= 4 is 23.1 Å². The molecule has 0 saturated heterocycles. The first kappa shape index (κ1) is 11.9. The highest BCUT2D eigenvalue weighted by molar-refractivity contribution is 7.71. The van der Waals surface area contributed by atoms with Crippen molar-refractivity contribution in [1.29, 1.82) is 0 Å². The Kier molecular flexibility index (Phi) is 2.60. The molecule has 3 aromatic rings. The SMILES string of the molecule is Cn1c(O)c(Cc2c[nH]c3ccc(O)cc23)[nH]c1=S. The lowest BCUT2D eigenvalue weighted by Crippen LogP contribution is -1.89. The van der Waals surface area contributed by atoms with Crippen LogP contribution in [0.25, 0.3) is 10.9 Å². The molecule has 0 radical (unpaired) electrons. The van der Waals surface area contributed by atoms with Gasteiger partial charge in [-0.25, -0.2) is 0 Å². The van der Waals surface area contributed by atoms with Gasteiger partial charge in [0.25, 0.3) is 0 Å². The van der Waals surface area contributed by atoms with Gasteiger partial charge in [-0.15, -0.1) is 0 Å². The number of rotatable bonds is 2. The lowest BCUT2D eigenvalue weighted by molar-refractivity contribution is 0.426. The summed E-state index contributed by atoms with van der Waals surface area (Å²) in [6, 6.07) is 5.16. The van der Waals surface area contributed by atoms with Crippen LogP contribution in [0.2, 0.25) is 0 Å². The minimum Gasteiger partial charge on any atom is -0.508 e. The van der Waals surface area contributed by atoms with Crippen LogP contribution in [0.4, 0.5) is 0 Å². The van der Waals surface area contributed by atoms with E-state index in [1.165, 1.54) is 4.57 Å². The zero-order valence-electron chi connectivity index (χ0n) is 10.3. The molecular weight excluding hydrogens is 262 g/mol. The summed E-state index contributed by atoms with van der Waals surface area (Å²) in [6.07, 6.45) is 2.38. The highest BCUT2D eigenvalue weighted by Crippen LogP contribution is 2.26. The van der Waals surface area contributed by atoms with Crippen LogP contribution < -0.4 is 0 Å². The first-order valence-corrected chi connectivity index (χ1v) is 6.23. The molecule has 0 fully saturated rings. The van der Waals surface area contributed by atoms with Crippen LogP contribution in [0, 0.1) is 4.77 Å². The number of phenols is 1. The van der Waals surface area contributed by atoms with E-state index in [-0.39, 0.29) is 11.6 Å². The Morgan fingerprint density at radius 1 is 1.32 bits per heavy atom. The van der Waals surface area contributed by atoms with Gasteiger partial charge in [0.1, 0.15) is 5.75 Å². The average molecular weight is 275 g/mol. The van der Waals surface area contributed by atoms with Crippen molar-refractivity contribution < 1.29 is 10.2 Å². The molecule has 4 N–H and O–H groups in total. The molecule has 0 aliphatic heterocycles. The minimum absolute atomic E-state index is 0.138. The lowest BCUT2D eigenvalue weighted by Gasteiger charge is -2.00. The Morgan fingerprint density at radius 2 is 2.11 bits per heavy atom. The molecule has 0 atom stereocenters. The second kappa shape index (κ2) is 4.17. The number of phenolic OH excluding ortho intramolecular Hbond substituents is 1. The van der Waals surface area contributed by atoms with Gasteiger partial charge >= 0.3 is 0 Å². The van der Waals surface area contributed by atoms with Gasteiger partial charge in [0, 0.05) is 30.6 Å². The Hall–Kier alpha value is -2.21. The van der Waals surface area contributed by atoms with Crippen LogP contribution in [-0.2, 0) is 13.5 Å². The van der Waals surface area contributed by atoms with E-state index >= 15 is 0 Å². The number of fused-ring (bicyclic) bond motifs is 1. The van der Waals surface area contributed by atoms with Crippen LogP contribution in [-0.4, -0.2) is 24.7 Å². The fourth-order valence-electron chi connectivity index (χ4n) is 2.19. The van der Waals surface area contributed by atoms with E-state index in [1.807, 2.05) is 12.3 Å². The van der Waals surface area contributed by atoms with Crippen LogP contribution >= 0.6 is 12.2 Å². The summed E-state index contributed by atoms with van der Waals surface area (Å²) < 4.78 is 2.01. The van der Waals surface area contributed by atoms with E-state index in [0.717, 1.165) is 16.5 Å². The minimum atomic E-state index is 0.138. The summed E-state index contributed by atoms with van der Waals surface area (Å²) >= 11 is 5.07. The van der Waals surface area contributed by atoms with Crippen molar-refractivity contribution in [1.82, 2.24) is 14.5 Å². The topological polar surface area (TPSA) is 77.0 Å². The molecule has 0 aliphatic carbocycles. The van der Waals surface area contributed by atoms with Crippen molar-refractivity contribution in [3.05, 3.63) is 40.4 Å². The fraction of sp³-hybridized carbons (Fsp3) is 0.154. The van der Waals surface area contributed by atoms with E-state index in [9.17, 15) is 10.2 Å². The number of nitrogens with one attached hydrogen (secondary N) is 2. The van der Waals surface area contributed by atoms with E-state index in [4.69, 9.17) is 12.2 Å². The molecule has 6 heteroatoms. The molecule has 3 rings (SSSR count). The Labute approximate surface area is 114 Å². The number of nitrogens with zero attached hydrogens (tertiary/aromatic N) is 1. The van der Waals surface area contributed by atoms with Crippen LogP contribution in [0.5, 0.6) is 11.6 Å². The average Bonchev–Trinajstić information content (AvgIpc) is 2.88. The number of aromatic nitrogens is 3. The molecule has 19 heavy (non-hydrogen) atoms. The summed E-state index contributed by atoms with van der Waals surface area (Å²) in [5, 5.41) is 20.4. The number of aromatic hydroxyl groups is 2. The van der Waals surface area contributed by atoms with E-state index < -0.39 is 0 Å². The van der Waals surface area contributed by atoms with Crippen molar-refractivity contribution in [3.8, 4) is 11.6 Å². The smallest absolute Gasteiger partial charge is 0.213 e. The maximum atomic E-state index is 9.95. The van der Waals surface area contributed by atoms with Gasteiger partial charge in [-0.3, -0.25) is 4.57 Å². The summed E-state index contributed by atoms with van der Waals surface area (Å²) in [4.78, 5) is 6.12. The molecule has 0 amide bonds. The van der Waals surface area contributed by atoms with Gasteiger partial charge in [-0.1, -0.05) is 0 Å². The van der Waals surface area contributed by atoms with Crippen LogP contribution in [0.3, 0.4) is 0 Å². The predicted octanol–water partition coefficient (Wildman–Crippen LogP) is 2.57. The lowest BCUT2D eigenvalue weighted by atomic mass is 10.1. The largest absolute Gasteiger partial charge is 0.508 e. The Balaban J connectivity index is 2.08. The molecule has 0 bridgehead atoms. The molecule has 2 aromatic heterocycles. The highest BCUT2D eigenvalue weighted by atomic mass is 32.1. The molecule has 5 nitrogen and oxygen atoms in total. The first-order valence-electron chi connectivity index (χ1n) is 5.82. The van der Waals surface area contributed by atoms with Crippen molar-refractivity contribution in [3.63, 3.8) is 0 Å². The molecule has 1 aromatic carbocycles. The number of hydrogen-bond donors (Lipinski definition) is 4. The molecule has 0 spiro atoms. The van der Waals surface area contributed by atoms with Gasteiger partial charge in [-0.05, 0) is 36.0 Å². The molecule has 0 unspecified atom stereocenters. The molecule has 98 valence electrons. The second-order valence-electron chi connectivity index (χ2n) is 4.51. The van der Waals surface area contributed by atoms with Gasteiger partial charge in [0.2, 0.25) is 5.88 Å². The van der Waals surface area contributed by atoms with Crippen molar-refractivity contribution in [2.45, 2.75) is 6.42 Å². The van der Waals surface area contributed by atoms with E-state index in [0.29, 0.717) is 16.9 Å². The Bertz CT molecular complexity index is 813. The van der Waals surface area contributed by atoms with Crippen molar-refractivity contribution in [2.24, 2.45) is 7.05 Å². The van der Waals surface area contributed by atoms with Gasteiger partial charge in [0.15, 0.2) is 4.77 Å². The third kappa shape index (κ3) is 1.90.